The van der Waals surface area contributed by atoms with Crippen molar-refractivity contribution in [3.8, 4) is 0 Å². The Morgan fingerprint density at radius 3 is 2.67 bits per heavy atom. The molecule has 6 heteroatoms. The first-order valence-electron chi connectivity index (χ1n) is 6.94. The number of benzene rings is 1. The summed E-state index contributed by atoms with van der Waals surface area (Å²) in [5.74, 6) is 0. The highest BCUT2D eigenvalue weighted by atomic mass is 32.2. The van der Waals surface area contributed by atoms with Gasteiger partial charge in [0, 0.05) is 19.5 Å². The van der Waals surface area contributed by atoms with Crippen LogP contribution in [0.25, 0.3) is 0 Å². The molecule has 0 saturated carbocycles. The molecule has 1 aromatic heterocycles. The van der Waals surface area contributed by atoms with E-state index < -0.39 is 9.84 Å². The molecule has 0 fully saturated rings. The second kappa shape index (κ2) is 6.41. The number of sulfone groups is 1. The largest absolute Gasteiger partial charge is 0.305 e. The van der Waals surface area contributed by atoms with Gasteiger partial charge in [0.1, 0.15) is 0 Å². The van der Waals surface area contributed by atoms with Crippen LogP contribution in [0.1, 0.15) is 30.6 Å². The molecule has 0 aliphatic heterocycles. The fourth-order valence-electron chi connectivity index (χ4n) is 2.27. The molecule has 1 N–H and O–H groups in total. The first-order chi connectivity index (χ1) is 9.93. The fraction of sp³-hybridized carbons (Fsp3) is 0.400. The van der Waals surface area contributed by atoms with E-state index in [1.807, 2.05) is 19.2 Å². The van der Waals surface area contributed by atoms with Gasteiger partial charge in [0.15, 0.2) is 9.84 Å². The molecule has 0 bridgehead atoms. The van der Waals surface area contributed by atoms with E-state index in [4.69, 9.17) is 0 Å². The van der Waals surface area contributed by atoms with Gasteiger partial charge in [-0.2, -0.15) is 5.10 Å². The van der Waals surface area contributed by atoms with Gasteiger partial charge >= 0.3 is 0 Å². The third kappa shape index (κ3) is 3.71. The maximum absolute atomic E-state index is 11.7. The van der Waals surface area contributed by atoms with Crippen LogP contribution in [0.4, 0.5) is 0 Å². The first-order valence-corrected chi connectivity index (χ1v) is 8.84. The van der Waals surface area contributed by atoms with Crippen LogP contribution in [-0.2, 0) is 16.9 Å². The Bertz CT molecular complexity index is 707. The van der Waals surface area contributed by atoms with Gasteiger partial charge in [0.25, 0.3) is 0 Å². The average molecular weight is 307 g/mol. The fourth-order valence-corrected chi connectivity index (χ4v) is 2.95. The van der Waals surface area contributed by atoms with Crippen LogP contribution in [0.3, 0.4) is 0 Å². The molecular weight excluding hydrogens is 286 g/mol. The van der Waals surface area contributed by atoms with Crippen LogP contribution >= 0.6 is 0 Å². The van der Waals surface area contributed by atoms with Gasteiger partial charge in [-0.05, 0) is 36.7 Å². The number of rotatable bonds is 6. The molecule has 2 rings (SSSR count). The van der Waals surface area contributed by atoms with Crippen molar-refractivity contribution >= 4 is 9.84 Å². The summed E-state index contributed by atoms with van der Waals surface area (Å²) in [7, 11) is -1.32. The molecular formula is C15H21N3O2S. The number of nitrogens with one attached hydrogen (secondary N) is 1. The van der Waals surface area contributed by atoms with E-state index in [2.05, 4.69) is 17.3 Å². The summed E-state index contributed by atoms with van der Waals surface area (Å²) < 4.78 is 25.3. The summed E-state index contributed by atoms with van der Waals surface area (Å²) in [5.41, 5.74) is 1.93. The van der Waals surface area contributed by atoms with Crippen molar-refractivity contribution < 1.29 is 8.42 Å². The lowest BCUT2D eigenvalue weighted by molar-refractivity contribution is 0.552. The normalized spacial score (nSPS) is 13.3. The van der Waals surface area contributed by atoms with Gasteiger partial charge in [0.05, 0.1) is 16.6 Å². The molecule has 114 valence electrons. The van der Waals surface area contributed by atoms with Crippen LogP contribution in [0.15, 0.2) is 41.4 Å². The van der Waals surface area contributed by atoms with Crippen LogP contribution < -0.4 is 5.32 Å². The summed E-state index contributed by atoms with van der Waals surface area (Å²) in [6, 6.07) is 8.95. The van der Waals surface area contributed by atoms with E-state index in [1.165, 1.54) is 6.26 Å². The van der Waals surface area contributed by atoms with Gasteiger partial charge in [-0.15, -0.1) is 0 Å². The van der Waals surface area contributed by atoms with Crippen LogP contribution in [0, 0.1) is 0 Å². The molecule has 2 aromatic rings. The Kier molecular flexibility index (Phi) is 4.80. The number of hydrogen-bond acceptors (Lipinski definition) is 4. The van der Waals surface area contributed by atoms with Gasteiger partial charge in [-0.25, -0.2) is 8.42 Å². The van der Waals surface area contributed by atoms with E-state index in [1.54, 1.807) is 29.1 Å². The minimum atomic E-state index is -3.21. The van der Waals surface area contributed by atoms with E-state index >= 15 is 0 Å². The SMILES string of the molecule is CCCNC(c1cccc(S(C)(=O)=O)c1)c1ccnn1C. The maximum atomic E-state index is 11.7. The zero-order chi connectivity index (χ0) is 15.5. The molecule has 1 heterocycles. The summed E-state index contributed by atoms with van der Waals surface area (Å²) in [5, 5.41) is 7.65. The third-order valence-electron chi connectivity index (χ3n) is 3.37. The lowest BCUT2D eigenvalue weighted by Gasteiger charge is -2.20. The summed E-state index contributed by atoms with van der Waals surface area (Å²) in [4.78, 5) is 0.338. The van der Waals surface area contributed by atoms with Crippen molar-refractivity contribution in [2.45, 2.75) is 24.3 Å². The molecule has 1 unspecified atom stereocenters. The first kappa shape index (κ1) is 15.7. The Morgan fingerprint density at radius 1 is 1.33 bits per heavy atom. The van der Waals surface area contributed by atoms with Gasteiger partial charge in [-0.3, -0.25) is 4.68 Å². The number of aromatic nitrogens is 2. The van der Waals surface area contributed by atoms with E-state index in [0.29, 0.717) is 4.90 Å². The summed E-state index contributed by atoms with van der Waals surface area (Å²) >= 11 is 0. The average Bonchev–Trinajstić information content (AvgIpc) is 2.85. The third-order valence-corrected chi connectivity index (χ3v) is 4.48. The van der Waals surface area contributed by atoms with Gasteiger partial charge in [-0.1, -0.05) is 19.1 Å². The van der Waals surface area contributed by atoms with E-state index in [0.717, 1.165) is 24.2 Å². The van der Waals surface area contributed by atoms with Crippen molar-refractivity contribution in [1.29, 1.82) is 0 Å². The molecule has 0 amide bonds. The minimum absolute atomic E-state index is 0.0702. The lowest BCUT2D eigenvalue weighted by atomic mass is 10.0. The monoisotopic (exact) mass is 307 g/mol. The zero-order valence-corrected chi connectivity index (χ0v) is 13.4. The second-order valence-electron chi connectivity index (χ2n) is 5.11. The van der Waals surface area contributed by atoms with Crippen LogP contribution in [0.5, 0.6) is 0 Å². The Balaban J connectivity index is 2.44. The molecule has 0 spiro atoms. The van der Waals surface area contributed by atoms with Gasteiger partial charge < -0.3 is 5.32 Å². The van der Waals surface area contributed by atoms with Crippen molar-refractivity contribution in [3.63, 3.8) is 0 Å². The zero-order valence-electron chi connectivity index (χ0n) is 12.6. The molecule has 21 heavy (non-hydrogen) atoms. The number of nitrogens with zero attached hydrogens (tertiary/aromatic N) is 2. The van der Waals surface area contributed by atoms with E-state index in [-0.39, 0.29) is 6.04 Å². The van der Waals surface area contributed by atoms with Crippen LogP contribution in [0.2, 0.25) is 0 Å². The Morgan fingerprint density at radius 2 is 2.10 bits per heavy atom. The predicted octanol–water partition coefficient (Wildman–Crippen LogP) is 1.91. The highest BCUT2D eigenvalue weighted by Crippen LogP contribution is 2.23. The molecule has 0 radical (unpaired) electrons. The quantitative estimate of drug-likeness (QED) is 0.885. The van der Waals surface area contributed by atoms with Crippen molar-refractivity contribution in [2.24, 2.45) is 7.05 Å². The number of aryl methyl sites for hydroxylation is 1. The Labute approximate surface area is 125 Å². The standard InChI is InChI=1S/C15H21N3O2S/c1-4-9-16-15(14-8-10-17-18(14)2)12-6-5-7-13(11-12)21(3,19)20/h5-8,10-11,15-16H,4,9H2,1-3H3. The predicted molar refractivity (Wildman–Crippen MR) is 82.9 cm³/mol. The number of hydrogen-bond donors (Lipinski definition) is 1. The van der Waals surface area contributed by atoms with E-state index in [9.17, 15) is 8.42 Å². The highest BCUT2D eigenvalue weighted by Gasteiger charge is 2.18. The van der Waals surface area contributed by atoms with Gasteiger partial charge in [0.2, 0.25) is 0 Å². The molecule has 0 saturated heterocycles. The molecule has 0 aliphatic carbocycles. The topological polar surface area (TPSA) is 64.0 Å². The molecule has 5 nitrogen and oxygen atoms in total. The second-order valence-corrected chi connectivity index (χ2v) is 7.13. The summed E-state index contributed by atoms with van der Waals surface area (Å²) in [6.45, 7) is 2.94. The van der Waals surface area contributed by atoms with Crippen molar-refractivity contribution in [3.05, 3.63) is 47.8 Å². The molecule has 1 atom stereocenters. The highest BCUT2D eigenvalue weighted by molar-refractivity contribution is 7.90. The Hall–Kier alpha value is -1.66. The molecule has 0 aliphatic rings. The van der Waals surface area contributed by atoms with Crippen molar-refractivity contribution in [2.75, 3.05) is 12.8 Å². The van der Waals surface area contributed by atoms with Crippen molar-refractivity contribution in [1.82, 2.24) is 15.1 Å². The smallest absolute Gasteiger partial charge is 0.175 e. The van der Waals surface area contributed by atoms with Crippen LogP contribution in [-0.4, -0.2) is 31.0 Å². The maximum Gasteiger partial charge on any atom is 0.175 e. The lowest BCUT2D eigenvalue weighted by Crippen LogP contribution is -2.25. The molecule has 1 aromatic carbocycles. The minimum Gasteiger partial charge on any atom is -0.305 e. The summed E-state index contributed by atoms with van der Waals surface area (Å²) in [6.07, 6.45) is 3.97.